The third-order valence-corrected chi connectivity index (χ3v) is 6.31. The topological polar surface area (TPSA) is 82.8 Å². The molecule has 0 aliphatic carbocycles. The smallest absolute Gasteiger partial charge is 0.335 e. The third kappa shape index (κ3) is 4.61. The van der Waals surface area contributed by atoms with Crippen LogP contribution < -0.4 is 14.2 Å². The molecule has 1 heterocycles. The SMILES string of the molecule is COc1cc(Cn2c(SCc3ccccc3C(=O)O)nc3ccccc32)cc(OC)c1OC. The number of nitrogens with zero attached hydrogens (tertiary/aromatic N) is 2. The van der Waals surface area contributed by atoms with E-state index in [2.05, 4.69) is 4.57 Å². The Morgan fingerprint density at radius 3 is 2.30 bits per heavy atom. The van der Waals surface area contributed by atoms with Crippen LogP contribution in [-0.4, -0.2) is 42.0 Å². The lowest BCUT2D eigenvalue weighted by Gasteiger charge is -2.15. The van der Waals surface area contributed by atoms with E-state index in [1.54, 1.807) is 33.5 Å². The fraction of sp³-hybridized carbons (Fsp3) is 0.200. The summed E-state index contributed by atoms with van der Waals surface area (Å²) in [5, 5.41) is 10.3. The normalized spacial score (nSPS) is 10.9. The van der Waals surface area contributed by atoms with Gasteiger partial charge in [-0.05, 0) is 41.5 Å². The van der Waals surface area contributed by atoms with Crippen LogP contribution in [0.2, 0.25) is 0 Å². The predicted octanol–water partition coefficient (Wildman–Crippen LogP) is 5.10. The highest BCUT2D eigenvalue weighted by atomic mass is 32.2. The molecule has 0 saturated carbocycles. The number of thioether (sulfide) groups is 1. The molecule has 0 fully saturated rings. The maximum atomic E-state index is 11.6. The zero-order valence-corrected chi connectivity index (χ0v) is 19.4. The molecule has 170 valence electrons. The van der Waals surface area contributed by atoms with Gasteiger partial charge in [-0.1, -0.05) is 42.1 Å². The van der Waals surface area contributed by atoms with Crippen molar-refractivity contribution in [2.75, 3.05) is 21.3 Å². The van der Waals surface area contributed by atoms with Gasteiger partial charge in [-0.25, -0.2) is 9.78 Å². The Morgan fingerprint density at radius 2 is 1.64 bits per heavy atom. The van der Waals surface area contributed by atoms with E-state index in [9.17, 15) is 9.90 Å². The molecular formula is C25H24N2O5S. The lowest BCUT2D eigenvalue weighted by molar-refractivity contribution is 0.0696. The van der Waals surface area contributed by atoms with Crippen molar-refractivity contribution < 1.29 is 24.1 Å². The van der Waals surface area contributed by atoms with Gasteiger partial charge in [0, 0.05) is 5.75 Å². The molecule has 0 saturated heterocycles. The first-order valence-corrected chi connectivity index (χ1v) is 11.2. The number of fused-ring (bicyclic) bond motifs is 1. The van der Waals surface area contributed by atoms with Crippen molar-refractivity contribution in [3.63, 3.8) is 0 Å². The van der Waals surface area contributed by atoms with E-state index >= 15 is 0 Å². The number of carboxylic acids is 1. The third-order valence-electron chi connectivity index (χ3n) is 5.29. The number of methoxy groups -OCH3 is 3. The van der Waals surface area contributed by atoms with E-state index in [0.717, 1.165) is 27.3 Å². The quantitative estimate of drug-likeness (QED) is 0.345. The van der Waals surface area contributed by atoms with E-state index in [1.165, 1.54) is 11.8 Å². The number of aromatic nitrogens is 2. The van der Waals surface area contributed by atoms with Gasteiger partial charge in [-0.15, -0.1) is 0 Å². The minimum Gasteiger partial charge on any atom is -0.493 e. The van der Waals surface area contributed by atoms with Crippen LogP contribution in [0.4, 0.5) is 0 Å². The minimum absolute atomic E-state index is 0.303. The van der Waals surface area contributed by atoms with Crippen LogP contribution in [0.1, 0.15) is 21.5 Å². The molecule has 7 nitrogen and oxygen atoms in total. The molecule has 4 aromatic rings. The number of rotatable bonds is 9. The number of carbonyl (C=O) groups is 1. The summed E-state index contributed by atoms with van der Waals surface area (Å²) in [7, 11) is 4.76. The summed E-state index contributed by atoms with van der Waals surface area (Å²) in [6.45, 7) is 0.528. The van der Waals surface area contributed by atoms with Gasteiger partial charge in [0.15, 0.2) is 16.7 Å². The molecule has 0 atom stereocenters. The number of ether oxygens (including phenoxy) is 3. The summed E-state index contributed by atoms with van der Waals surface area (Å²) < 4.78 is 18.6. The number of benzene rings is 3. The molecule has 0 radical (unpaired) electrons. The summed E-state index contributed by atoms with van der Waals surface area (Å²) in [6.07, 6.45) is 0. The van der Waals surface area contributed by atoms with Crippen molar-refractivity contribution in [3.05, 3.63) is 77.4 Å². The summed E-state index contributed by atoms with van der Waals surface area (Å²) in [5.41, 5.74) is 3.87. The van der Waals surface area contributed by atoms with Gasteiger partial charge in [-0.3, -0.25) is 0 Å². The van der Waals surface area contributed by atoms with Crippen molar-refractivity contribution in [2.45, 2.75) is 17.5 Å². The first kappa shape index (κ1) is 22.5. The standard InChI is InChI=1S/C25H24N2O5S/c1-30-21-12-16(13-22(31-2)23(21)32-3)14-27-20-11-7-6-10-19(20)26-25(27)33-15-17-8-4-5-9-18(17)24(28)29/h4-13H,14-15H2,1-3H3,(H,28,29). The second-order valence-electron chi connectivity index (χ2n) is 7.25. The van der Waals surface area contributed by atoms with Crippen LogP contribution in [-0.2, 0) is 12.3 Å². The predicted molar refractivity (Wildman–Crippen MR) is 128 cm³/mol. The van der Waals surface area contributed by atoms with Crippen LogP contribution >= 0.6 is 11.8 Å². The van der Waals surface area contributed by atoms with Crippen molar-refractivity contribution >= 4 is 28.8 Å². The van der Waals surface area contributed by atoms with E-state index in [4.69, 9.17) is 19.2 Å². The molecule has 8 heteroatoms. The Morgan fingerprint density at radius 1 is 0.970 bits per heavy atom. The number of hydrogen-bond acceptors (Lipinski definition) is 6. The van der Waals surface area contributed by atoms with Crippen LogP contribution in [0.5, 0.6) is 17.2 Å². The van der Waals surface area contributed by atoms with Crippen molar-refractivity contribution in [2.24, 2.45) is 0 Å². The van der Waals surface area contributed by atoms with Gasteiger partial charge in [0.05, 0.1) is 44.5 Å². The van der Waals surface area contributed by atoms with Gasteiger partial charge >= 0.3 is 5.97 Å². The number of aromatic carboxylic acids is 1. The number of carboxylic acid groups (broad SMARTS) is 1. The zero-order valence-electron chi connectivity index (χ0n) is 18.6. The molecule has 4 rings (SSSR count). The molecule has 0 spiro atoms. The van der Waals surface area contributed by atoms with Crippen molar-refractivity contribution in [1.29, 1.82) is 0 Å². The molecule has 33 heavy (non-hydrogen) atoms. The molecule has 3 aromatic carbocycles. The Balaban J connectivity index is 1.72. The maximum Gasteiger partial charge on any atom is 0.335 e. The van der Waals surface area contributed by atoms with Crippen LogP contribution in [0.3, 0.4) is 0 Å². The molecule has 0 unspecified atom stereocenters. The molecular weight excluding hydrogens is 440 g/mol. The Hall–Kier alpha value is -3.65. The monoisotopic (exact) mass is 464 g/mol. The number of hydrogen-bond donors (Lipinski definition) is 1. The minimum atomic E-state index is -0.933. The van der Waals surface area contributed by atoms with E-state index in [0.29, 0.717) is 35.1 Å². The Labute approximate surface area is 195 Å². The highest BCUT2D eigenvalue weighted by Crippen LogP contribution is 2.39. The average Bonchev–Trinajstić information content (AvgIpc) is 3.19. The molecule has 0 aliphatic heterocycles. The Kier molecular flexibility index (Phi) is 6.74. The summed E-state index contributed by atoms with van der Waals surface area (Å²) in [6, 6.07) is 18.8. The van der Waals surface area contributed by atoms with E-state index in [-0.39, 0.29) is 0 Å². The largest absolute Gasteiger partial charge is 0.493 e. The fourth-order valence-corrected chi connectivity index (χ4v) is 4.74. The zero-order chi connectivity index (χ0) is 23.4. The van der Waals surface area contributed by atoms with Crippen molar-refractivity contribution in [3.8, 4) is 17.2 Å². The van der Waals surface area contributed by atoms with Crippen molar-refractivity contribution in [1.82, 2.24) is 9.55 Å². The highest BCUT2D eigenvalue weighted by molar-refractivity contribution is 7.98. The molecule has 1 N–H and O–H groups in total. The summed E-state index contributed by atoms with van der Waals surface area (Å²) in [4.78, 5) is 16.4. The molecule has 1 aromatic heterocycles. The van der Waals surface area contributed by atoms with Gasteiger partial charge in [0.1, 0.15) is 0 Å². The fourth-order valence-electron chi connectivity index (χ4n) is 3.72. The number of imidazole rings is 1. The van der Waals surface area contributed by atoms with Gasteiger partial charge < -0.3 is 23.9 Å². The maximum absolute atomic E-state index is 11.6. The Bertz CT molecular complexity index is 1280. The van der Waals surface area contributed by atoms with Crippen LogP contribution in [0.15, 0.2) is 65.8 Å². The lowest BCUT2D eigenvalue weighted by Crippen LogP contribution is -2.05. The first-order chi connectivity index (χ1) is 16.0. The van der Waals surface area contributed by atoms with E-state index in [1.807, 2.05) is 48.5 Å². The van der Waals surface area contributed by atoms with Gasteiger partial charge in [-0.2, -0.15) is 0 Å². The number of para-hydroxylation sites is 2. The molecule has 0 bridgehead atoms. The average molecular weight is 465 g/mol. The molecule has 0 amide bonds. The van der Waals surface area contributed by atoms with Crippen LogP contribution in [0.25, 0.3) is 11.0 Å². The summed E-state index contributed by atoms with van der Waals surface area (Å²) in [5.74, 6) is 1.26. The van der Waals surface area contributed by atoms with Gasteiger partial charge in [0.25, 0.3) is 0 Å². The second kappa shape index (κ2) is 9.87. The van der Waals surface area contributed by atoms with E-state index < -0.39 is 5.97 Å². The second-order valence-corrected chi connectivity index (χ2v) is 8.20. The summed E-state index contributed by atoms with van der Waals surface area (Å²) >= 11 is 1.51. The van der Waals surface area contributed by atoms with Gasteiger partial charge in [0.2, 0.25) is 5.75 Å². The van der Waals surface area contributed by atoms with Crippen LogP contribution in [0, 0.1) is 0 Å². The first-order valence-electron chi connectivity index (χ1n) is 10.2. The molecule has 0 aliphatic rings. The highest BCUT2D eigenvalue weighted by Gasteiger charge is 2.17. The lowest BCUT2D eigenvalue weighted by atomic mass is 10.1.